The summed E-state index contributed by atoms with van der Waals surface area (Å²) < 4.78 is 10.9. The van der Waals surface area contributed by atoms with Gasteiger partial charge in [-0.2, -0.15) is 0 Å². The van der Waals surface area contributed by atoms with E-state index in [1.165, 1.54) is 0 Å². The van der Waals surface area contributed by atoms with Gasteiger partial charge in [-0.3, -0.25) is 16.2 Å². The number of hydrogen-bond donors (Lipinski definition) is 2. The molecule has 5 heteroatoms. The summed E-state index contributed by atoms with van der Waals surface area (Å²) in [6.07, 6.45) is 2.18. The fourth-order valence-corrected chi connectivity index (χ4v) is 2.23. The number of nitrogens with zero attached hydrogens (tertiary/aromatic N) is 1. The van der Waals surface area contributed by atoms with E-state index in [1.807, 2.05) is 0 Å². The lowest BCUT2D eigenvalue weighted by molar-refractivity contribution is -0.0573. The maximum atomic E-state index is 5.82. The summed E-state index contributed by atoms with van der Waals surface area (Å²) in [5, 5.41) is 0. The average Bonchev–Trinajstić information content (AvgIpc) is 2.35. The Bertz CT molecular complexity index is 202. The van der Waals surface area contributed by atoms with Crippen molar-refractivity contribution in [1.82, 2.24) is 10.3 Å². The number of nitrogens with two attached hydrogens (primary N) is 1. The molecule has 3 N–H and O–H groups in total. The van der Waals surface area contributed by atoms with Crippen molar-refractivity contribution in [2.45, 2.75) is 44.9 Å². The predicted molar refractivity (Wildman–Crippen MR) is 68.7 cm³/mol. The van der Waals surface area contributed by atoms with Crippen LogP contribution >= 0.6 is 0 Å². The van der Waals surface area contributed by atoms with Crippen molar-refractivity contribution < 1.29 is 9.47 Å². The summed E-state index contributed by atoms with van der Waals surface area (Å²) in [5.74, 6) is 5.62. The molecule has 1 saturated heterocycles. The third-order valence-corrected chi connectivity index (χ3v) is 3.38. The first kappa shape index (κ1) is 14.9. The molecule has 0 aromatic carbocycles. The van der Waals surface area contributed by atoms with Crippen molar-refractivity contribution in [2.24, 2.45) is 5.84 Å². The van der Waals surface area contributed by atoms with E-state index in [9.17, 15) is 0 Å². The SMILES string of the molecule is COCCCC(NN)C1CN(C(C)C)CCO1. The Labute approximate surface area is 105 Å². The molecule has 17 heavy (non-hydrogen) atoms. The lowest BCUT2D eigenvalue weighted by Crippen LogP contribution is -2.55. The lowest BCUT2D eigenvalue weighted by Gasteiger charge is -2.38. The molecule has 0 aromatic rings. The third kappa shape index (κ3) is 4.89. The number of nitrogens with one attached hydrogen (secondary N) is 1. The second kappa shape index (κ2) is 8.00. The monoisotopic (exact) mass is 245 g/mol. The summed E-state index contributed by atoms with van der Waals surface area (Å²) in [6.45, 7) is 7.99. The maximum absolute atomic E-state index is 5.82. The largest absolute Gasteiger partial charge is 0.385 e. The zero-order valence-corrected chi connectivity index (χ0v) is 11.3. The molecule has 0 bridgehead atoms. The van der Waals surface area contributed by atoms with Crippen molar-refractivity contribution in [1.29, 1.82) is 0 Å². The van der Waals surface area contributed by atoms with Crippen LogP contribution in [0.1, 0.15) is 26.7 Å². The van der Waals surface area contributed by atoms with Gasteiger partial charge >= 0.3 is 0 Å². The van der Waals surface area contributed by atoms with Crippen LogP contribution in [0.15, 0.2) is 0 Å². The van der Waals surface area contributed by atoms with Gasteiger partial charge in [-0.1, -0.05) is 0 Å². The molecule has 2 unspecified atom stereocenters. The van der Waals surface area contributed by atoms with Crippen molar-refractivity contribution in [2.75, 3.05) is 33.4 Å². The molecule has 1 heterocycles. The van der Waals surface area contributed by atoms with Crippen molar-refractivity contribution in [3.05, 3.63) is 0 Å². The summed E-state index contributed by atoms with van der Waals surface area (Å²) in [5.41, 5.74) is 2.88. The van der Waals surface area contributed by atoms with Crippen LogP contribution in [-0.4, -0.2) is 56.5 Å². The van der Waals surface area contributed by atoms with Crippen LogP contribution < -0.4 is 11.3 Å². The van der Waals surface area contributed by atoms with Gasteiger partial charge in [-0.25, -0.2) is 0 Å². The van der Waals surface area contributed by atoms with E-state index in [2.05, 4.69) is 24.2 Å². The molecule has 0 amide bonds. The number of methoxy groups -OCH3 is 1. The highest BCUT2D eigenvalue weighted by Crippen LogP contribution is 2.14. The molecule has 1 aliphatic heterocycles. The average molecular weight is 245 g/mol. The quantitative estimate of drug-likeness (QED) is 0.385. The van der Waals surface area contributed by atoms with E-state index in [0.29, 0.717) is 6.04 Å². The molecule has 1 rings (SSSR count). The molecule has 0 saturated carbocycles. The van der Waals surface area contributed by atoms with Gasteiger partial charge in [0.15, 0.2) is 0 Å². The highest BCUT2D eigenvalue weighted by Gasteiger charge is 2.28. The van der Waals surface area contributed by atoms with Gasteiger partial charge in [0.1, 0.15) is 0 Å². The van der Waals surface area contributed by atoms with Gasteiger partial charge in [0.05, 0.1) is 12.7 Å². The van der Waals surface area contributed by atoms with E-state index in [1.54, 1.807) is 7.11 Å². The van der Waals surface area contributed by atoms with Crippen LogP contribution in [-0.2, 0) is 9.47 Å². The fraction of sp³-hybridized carbons (Fsp3) is 1.00. The second-order valence-electron chi connectivity index (χ2n) is 4.91. The minimum absolute atomic E-state index is 0.188. The van der Waals surface area contributed by atoms with Crippen LogP contribution in [0.3, 0.4) is 0 Å². The third-order valence-electron chi connectivity index (χ3n) is 3.38. The number of rotatable bonds is 7. The van der Waals surface area contributed by atoms with Crippen molar-refractivity contribution in [3.63, 3.8) is 0 Å². The molecule has 0 aromatic heterocycles. The van der Waals surface area contributed by atoms with Gasteiger partial charge in [-0.15, -0.1) is 0 Å². The fourth-order valence-electron chi connectivity index (χ4n) is 2.23. The second-order valence-corrected chi connectivity index (χ2v) is 4.91. The van der Waals surface area contributed by atoms with Crippen LogP contribution in [0.2, 0.25) is 0 Å². The van der Waals surface area contributed by atoms with Gasteiger partial charge in [-0.05, 0) is 26.7 Å². The van der Waals surface area contributed by atoms with Gasteiger partial charge < -0.3 is 9.47 Å². The Morgan fingerprint density at radius 1 is 1.53 bits per heavy atom. The first-order chi connectivity index (χ1) is 8.19. The Balaban J connectivity index is 2.39. The molecular formula is C12H27N3O2. The van der Waals surface area contributed by atoms with E-state index < -0.39 is 0 Å². The lowest BCUT2D eigenvalue weighted by atomic mass is 10.0. The minimum Gasteiger partial charge on any atom is -0.385 e. The van der Waals surface area contributed by atoms with Crippen molar-refractivity contribution >= 4 is 0 Å². The summed E-state index contributed by atoms with van der Waals surface area (Å²) in [4.78, 5) is 2.44. The number of hydrogen-bond acceptors (Lipinski definition) is 5. The molecule has 2 atom stereocenters. The standard InChI is InChI=1S/C12H27N3O2/c1-10(2)15-6-8-17-12(9-15)11(14-13)5-4-7-16-3/h10-12,14H,4-9,13H2,1-3H3. The molecular weight excluding hydrogens is 218 g/mol. The molecule has 1 fully saturated rings. The first-order valence-corrected chi connectivity index (χ1v) is 6.49. The van der Waals surface area contributed by atoms with Gasteiger partial charge in [0, 0.05) is 38.9 Å². The molecule has 0 aliphatic carbocycles. The van der Waals surface area contributed by atoms with Gasteiger partial charge in [0.2, 0.25) is 0 Å². The molecule has 0 radical (unpaired) electrons. The topological polar surface area (TPSA) is 59.8 Å². The molecule has 0 spiro atoms. The maximum Gasteiger partial charge on any atom is 0.0868 e. The predicted octanol–water partition coefficient (Wildman–Crippen LogP) is 0.354. The van der Waals surface area contributed by atoms with E-state index in [0.717, 1.165) is 39.1 Å². The Kier molecular flexibility index (Phi) is 6.99. The Hall–Kier alpha value is -0.200. The minimum atomic E-state index is 0.188. The van der Waals surface area contributed by atoms with Crippen LogP contribution in [0.4, 0.5) is 0 Å². The van der Waals surface area contributed by atoms with Crippen LogP contribution in [0.5, 0.6) is 0 Å². The number of morpholine rings is 1. The highest BCUT2D eigenvalue weighted by molar-refractivity contribution is 4.82. The van der Waals surface area contributed by atoms with Crippen LogP contribution in [0.25, 0.3) is 0 Å². The number of ether oxygens (including phenoxy) is 2. The first-order valence-electron chi connectivity index (χ1n) is 6.49. The van der Waals surface area contributed by atoms with E-state index in [4.69, 9.17) is 15.3 Å². The smallest absolute Gasteiger partial charge is 0.0868 e. The molecule has 102 valence electrons. The molecule has 5 nitrogen and oxygen atoms in total. The summed E-state index contributed by atoms with van der Waals surface area (Å²) in [7, 11) is 1.72. The Morgan fingerprint density at radius 3 is 2.88 bits per heavy atom. The van der Waals surface area contributed by atoms with Gasteiger partial charge in [0.25, 0.3) is 0 Å². The summed E-state index contributed by atoms with van der Waals surface area (Å²) in [6, 6.07) is 0.783. The van der Waals surface area contributed by atoms with Crippen LogP contribution in [0, 0.1) is 0 Å². The molecule has 1 aliphatic rings. The highest BCUT2D eigenvalue weighted by atomic mass is 16.5. The number of hydrazine groups is 1. The van der Waals surface area contributed by atoms with E-state index in [-0.39, 0.29) is 12.1 Å². The summed E-state index contributed by atoms with van der Waals surface area (Å²) >= 11 is 0. The zero-order valence-electron chi connectivity index (χ0n) is 11.3. The van der Waals surface area contributed by atoms with E-state index >= 15 is 0 Å². The normalized spacial score (nSPS) is 24.2. The Morgan fingerprint density at radius 2 is 2.29 bits per heavy atom. The zero-order chi connectivity index (χ0) is 12.7. The van der Waals surface area contributed by atoms with Crippen molar-refractivity contribution in [3.8, 4) is 0 Å².